The van der Waals surface area contributed by atoms with Gasteiger partial charge in [-0.1, -0.05) is 0 Å². The number of pyridine rings is 1. The fraction of sp³-hybridized carbons (Fsp3) is 0.263. The molecule has 0 atom stereocenters. The number of urea groups is 1. The molecular formula is C19H15F3N4O2. The highest BCUT2D eigenvalue weighted by Crippen LogP contribution is 2.38. The summed E-state index contributed by atoms with van der Waals surface area (Å²) >= 11 is 0. The highest BCUT2D eigenvalue weighted by atomic mass is 19.4. The van der Waals surface area contributed by atoms with Crippen molar-refractivity contribution >= 4 is 17.6 Å². The monoisotopic (exact) mass is 388 g/mol. The van der Waals surface area contributed by atoms with Crippen LogP contribution < -0.4 is 4.90 Å². The minimum atomic E-state index is -4.79. The van der Waals surface area contributed by atoms with Crippen LogP contribution in [0.2, 0.25) is 0 Å². The van der Waals surface area contributed by atoms with E-state index in [0.717, 1.165) is 22.6 Å². The Hall–Kier alpha value is -3.41. The maximum Gasteiger partial charge on any atom is 0.417 e. The van der Waals surface area contributed by atoms with Crippen LogP contribution in [-0.2, 0) is 17.5 Å². The molecule has 0 bridgehead atoms. The van der Waals surface area contributed by atoms with E-state index >= 15 is 0 Å². The maximum atomic E-state index is 13.3. The predicted octanol–water partition coefficient (Wildman–Crippen LogP) is 3.72. The number of aromatic nitrogens is 1. The number of carbonyl (C=O) groups is 2. The van der Waals surface area contributed by atoms with Crippen LogP contribution in [0.1, 0.15) is 30.5 Å². The Morgan fingerprint density at radius 3 is 2.36 bits per heavy atom. The van der Waals surface area contributed by atoms with Crippen LogP contribution in [0.25, 0.3) is 0 Å². The van der Waals surface area contributed by atoms with Gasteiger partial charge in [0.15, 0.2) is 0 Å². The van der Waals surface area contributed by atoms with E-state index in [2.05, 4.69) is 4.98 Å². The molecule has 1 aromatic carbocycles. The molecule has 0 radical (unpaired) electrons. The van der Waals surface area contributed by atoms with Crippen molar-refractivity contribution < 1.29 is 22.8 Å². The Labute approximate surface area is 158 Å². The number of hydrogen-bond donors (Lipinski definition) is 0. The van der Waals surface area contributed by atoms with Crippen LogP contribution in [0.5, 0.6) is 0 Å². The number of anilines is 1. The molecule has 1 aliphatic rings. The lowest BCUT2D eigenvalue weighted by atomic mass is 10.0. The van der Waals surface area contributed by atoms with Crippen LogP contribution in [0, 0.1) is 11.3 Å². The van der Waals surface area contributed by atoms with Gasteiger partial charge in [-0.2, -0.15) is 18.4 Å². The van der Waals surface area contributed by atoms with Gasteiger partial charge in [0.05, 0.1) is 22.9 Å². The second kappa shape index (κ2) is 6.64. The van der Waals surface area contributed by atoms with Crippen molar-refractivity contribution in [1.29, 1.82) is 5.26 Å². The molecule has 0 saturated carbocycles. The lowest BCUT2D eigenvalue weighted by Crippen LogP contribution is -2.43. The number of carbonyl (C=O) groups excluding carboxylic acids is 2. The summed E-state index contributed by atoms with van der Waals surface area (Å²) in [5, 5.41) is 8.92. The highest BCUT2D eigenvalue weighted by molar-refractivity contribution is 6.23. The molecule has 0 unspecified atom stereocenters. The minimum absolute atomic E-state index is 0.0962. The standard InChI is InChI=1S/C19H15F3N4O2/c1-18(2)16(27)26(17(28)25(18)11-12-5-7-24-8-6-12)14-4-3-13(10-23)15(9-14)19(20,21)22/h3-9H,11H2,1-2H3. The second-order valence-corrected chi connectivity index (χ2v) is 6.76. The third-order valence-electron chi connectivity index (χ3n) is 4.60. The number of halogens is 3. The van der Waals surface area contributed by atoms with E-state index in [0.29, 0.717) is 6.07 Å². The largest absolute Gasteiger partial charge is 0.417 e. The molecule has 144 valence electrons. The van der Waals surface area contributed by atoms with Crippen molar-refractivity contribution in [2.45, 2.75) is 32.1 Å². The predicted molar refractivity (Wildman–Crippen MR) is 92.9 cm³/mol. The molecule has 0 spiro atoms. The van der Waals surface area contributed by atoms with Crippen molar-refractivity contribution in [2.75, 3.05) is 4.90 Å². The van der Waals surface area contributed by atoms with Gasteiger partial charge < -0.3 is 4.90 Å². The van der Waals surface area contributed by atoms with Crippen LogP contribution in [0.3, 0.4) is 0 Å². The first-order valence-corrected chi connectivity index (χ1v) is 8.24. The summed E-state index contributed by atoms with van der Waals surface area (Å²) in [6.07, 6.45) is -1.71. The number of nitrogens with zero attached hydrogens (tertiary/aromatic N) is 4. The fourth-order valence-electron chi connectivity index (χ4n) is 3.00. The first kappa shape index (κ1) is 19.4. The zero-order valence-electron chi connectivity index (χ0n) is 15.0. The summed E-state index contributed by atoms with van der Waals surface area (Å²) in [4.78, 5) is 31.7. The van der Waals surface area contributed by atoms with Gasteiger partial charge in [0, 0.05) is 18.9 Å². The molecule has 9 heteroatoms. The Bertz CT molecular complexity index is 981. The molecule has 3 rings (SSSR count). The molecule has 0 aliphatic carbocycles. The van der Waals surface area contributed by atoms with Crippen molar-refractivity contribution in [1.82, 2.24) is 9.88 Å². The fourth-order valence-corrected chi connectivity index (χ4v) is 3.00. The highest BCUT2D eigenvalue weighted by Gasteiger charge is 2.52. The number of benzene rings is 1. The Kier molecular flexibility index (Phi) is 4.59. The number of hydrogen-bond acceptors (Lipinski definition) is 4. The zero-order chi connectivity index (χ0) is 20.7. The summed E-state index contributed by atoms with van der Waals surface area (Å²) in [5.41, 5.74) is -2.54. The lowest BCUT2D eigenvalue weighted by molar-refractivity contribution is -0.137. The third-order valence-corrected chi connectivity index (χ3v) is 4.60. The first-order valence-electron chi connectivity index (χ1n) is 8.24. The molecule has 2 aromatic rings. The van der Waals surface area contributed by atoms with Crippen molar-refractivity contribution in [3.8, 4) is 6.07 Å². The number of rotatable bonds is 3. The molecule has 1 saturated heterocycles. The van der Waals surface area contributed by atoms with E-state index in [-0.39, 0.29) is 12.2 Å². The Morgan fingerprint density at radius 1 is 1.14 bits per heavy atom. The molecule has 1 aromatic heterocycles. The summed E-state index contributed by atoms with van der Waals surface area (Å²) in [7, 11) is 0. The van der Waals surface area contributed by atoms with Crippen LogP contribution in [0.4, 0.5) is 23.7 Å². The van der Waals surface area contributed by atoms with Gasteiger partial charge in [0.2, 0.25) is 0 Å². The van der Waals surface area contributed by atoms with Gasteiger partial charge in [-0.05, 0) is 49.7 Å². The van der Waals surface area contributed by atoms with E-state index in [1.54, 1.807) is 24.5 Å². The average molecular weight is 388 g/mol. The van der Waals surface area contributed by atoms with Crippen LogP contribution in [-0.4, -0.2) is 27.4 Å². The van der Waals surface area contributed by atoms with E-state index in [1.165, 1.54) is 24.8 Å². The van der Waals surface area contributed by atoms with E-state index in [1.807, 2.05) is 0 Å². The van der Waals surface area contributed by atoms with Crippen LogP contribution in [0.15, 0.2) is 42.7 Å². The van der Waals surface area contributed by atoms with Gasteiger partial charge >= 0.3 is 12.2 Å². The molecule has 6 nitrogen and oxygen atoms in total. The summed E-state index contributed by atoms with van der Waals surface area (Å²) in [6, 6.07) is 6.88. The number of nitriles is 1. The summed E-state index contributed by atoms with van der Waals surface area (Å²) in [5.74, 6) is -0.649. The van der Waals surface area contributed by atoms with E-state index < -0.39 is 34.8 Å². The average Bonchev–Trinajstić information content (AvgIpc) is 2.81. The van der Waals surface area contributed by atoms with Crippen LogP contribution >= 0.6 is 0 Å². The summed E-state index contributed by atoms with van der Waals surface area (Å²) in [6.45, 7) is 3.16. The smallest absolute Gasteiger partial charge is 0.305 e. The SMILES string of the molecule is CC1(C)C(=O)N(c2ccc(C#N)c(C(F)(F)F)c2)C(=O)N1Cc1ccncc1. The topological polar surface area (TPSA) is 77.3 Å². The normalized spacial score (nSPS) is 16.4. The number of amides is 3. The van der Waals surface area contributed by atoms with Crippen molar-refractivity contribution in [2.24, 2.45) is 0 Å². The molecule has 1 aliphatic heterocycles. The third kappa shape index (κ3) is 3.17. The Balaban J connectivity index is 2.03. The Morgan fingerprint density at radius 2 is 1.79 bits per heavy atom. The van der Waals surface area contributed by atoms with Gasteiger partial charge in [0.25, 0.3) is 5.91 Å². The van der Waals surface area contributed by atoms with E-state index in [9.17, 15) is 22.8 Å². The molecule has 28 heavy (non-hydrogen) atoms. The van der Waals surface area contributed by atoms with Gasteiger partial charge in [-0.3, -0.25) is 9.78 Å². The first-order chi connectivity index (χ1) is 13.1. The van der Waals surface area contributed by atoms with Gasteiger partial charge in [-0.25, -0.2) is 9.69 Å². The van der Waals surface area contributed by atoms with Crippen molar-refractivity contribution in [3.05, 3.63) is 59.4 Å². The van der Waals surface area contributed by atoms with Crippen molar-refractivity contribution in [3.63, 3.8) is 0 Å². The summed E-state index contributed by atoms with van der Waals surface area (Å²) < 4.78 is 39.8. The zero-order valence-corrected chi connectivity index (χ0v) is 15.0. The second-order valence-electron chi connectivity index (χ2n) is 6.76. The number of alkyl halides is 3. The van der Waals surface area contributed by atoms with Gasteiger partial charge in [-0.15, -0.1) is 0 Å². The van der Waals surface area contributed by atoms with Gasteiger partial charge in [0.1, 0.15) is 5.54 Å². The van der Waals surface area contributed by atoms with E-state index in [4.69, 9.17) is 5.26 Å². The maximum absolute atomic E-state index is 13.3. The molecule has 0 N–H and O–H groups in total. The number of imide groups is 1. The molecular weight excluding hydrogens is 373 g/mol. The molecule has 1 fully saturated rings. The molecule has 2 heterocycles. The lowest BCUT2D eigenvalue weighted by Gasteiger charge is -2.27. The minimum Gasteiger partial charge on any atom is -0.305 e. The quantitative estimate of drug-likeness (QED) is 0.751. The molecule has 3 amide bonds.